The molecule has 0 saturated heterocycles. The summed E-state index contributed by atoms with van der Waals surface area (Å²) in [5.74, 6) is 0.963. The molecule has 1 aromatic rings. The van der Waals surface area contributed by atoms with Gasteiger partial charge in [0.2, 0.25) is 5.28 Å². The Morgan fingerprint density at radius 1 is 1.43 bits per heavy atom. The normalized spacial score (nSPS) is 17.8. The highest BCUT2D eigenvalue weighted by atomic mass is 35.5. The second kappa shape index (κ2) is 4.78. The number of aryl methyl sites for hydroxylation is 1. The van der Waals surface area contributed by atoms with Gasteiger partial charge < -0.3 is 4.57 Å². The zero-order valence-electron chi connectivity index (χ0n) is 8.32. The molecule has 0 aliphatic heterocycles. The van der Waals surface area contributed by atoms with E-state index in [-0.39, 0.29) is 0 Å². The maximum Gasteiger partial charge on any atom is 0.224 e. The minimum absolute atomic E-state index is 0.511. The molecule has 1 aromatic heterocycles. The van der Waals surface area contributed by atoms with Crippen molar-refractivity contribution in [3.05, 3.63) is 11.6 Å². The minimum atomic E-state index is 0.511. The van der Waals surface area contributed by atoms with Crippen LogP contribution in [0.25, 0.3) is 0 Å². The van der Waals surface area contributed by atoms with E-state index in [1.807, 2.05) is 4.57 Å². The zero-order valence-corrected chi connectivity index (χ0v) is 9.08. The summed E-state index contributed by atoms with van der Waals surface area (Å²) in [6.07, 6.45) is 9.94. The van der Waals surface area contributed by atoms with Crippen LogP contribution in [0.15, 0.2) is 6.33 Å². The van der Waals surface area contributed by atoms with Crippen molar-refractivity contribution in [1.82, 2.24) is 14.8 Å². The van der Waals surface area contributed by atoms with Crippen molar-refractivity contribution >= 4 is 11.6 Å². The van der Waals surface area contributed by atoms with Crippen molar-refractivity contribution in [3.8, 4) is 0 Å². The molecule has 0 atom stereocenters. The maximum absolute atomic E-state index is 5.82. The molecule has 1 saturated carbocycles. The van der Waals surface area contributed by atoms with Crippen LogP contribution < -0.4 is 0 Å². The van der Waals surface area contributed by atoms with Crippen LogP contribution in [0.4, 0.5) is 0 Å². The Bertz CT molecular complexity index is 279. The van der Waals surface area contributed by atoms with Crippen LogP contribution in [0, 0.1) is 5.92 Å². The topological polar surface area (TPSA) is 30.7 Å². The van der Waals surface area contributed by atoms with E-state index in [9.17, 15) is 0 Å². The van der Waals surface area contributed by atoms with E-state index >= 15 is 0 Å². The molecule has 78 valence electrons. The molecule has 1 aliphatic rings. The van der Waals surface area contributed by atoms with Crippen molar-refractivity contribution in [2.45, 2.75) is 45.1 Å². The zero-order chi connectivity index (χ0) is 9.80. The van der Waals surface area contributed by atoms with Gasteiger partial charge in [-0.1, -0.05) is 25.7 Å². The highest BCUT2D eigenvalue weighted by Gasteiger charge is 2.14. The van der Waals surface area contributed by atoms with E-state index < -0.39 is 0 Å². The maximum atomic E-state index is 5.82. The monoisotopic (exact) mass is 213 g/mol. The number of halogens is 1. The third kappa shape index (κ3) is 2.47. The van der Waals surface area contributed by atoms with Crippen LogP contribution >= 0.6 is 11.6 Å². The lowest BCUT2D eigenvalue weighted by Gasteiger charge is -2.08. The molecule has 1 aliphatic carbocycles. The summed E-state index contributed by atoms with van der Waals surface area (Å²) in [4.78, 5) is 0. The Labute approximate surface area is 89.5 Å². The molecule has 3 nitrogen and oxygen atoms in total. The van der Waals surface area contributed by atoms with Gasteiger partial charge in [-0.05, 0) is 30.4 Å². The van der Waals surface area contributed by atoms with E-state index in [1.54, 1.807) is 6.33 Å². The Kier molecular flexibility index (Phi) is 3.40. The lowest BCUT2D eigenvalue weighted by Crippen LogP contribution is -2.00. The van der Waals surface area contributed by atoms with E-state index in [2.05, 4.69) is 10.2 Å². The first kappa shape index (κ1) is 9.97. The molecule has 0 spiro atoms. The molecule has 0 N–H and O–H groups in total. The Hall–Kier alpha value is -0.570. The quantitative estimate of drug-likeness (QED) is 0.770. The second-order valence-electron chi connectivity index (χ2n) is 4.09. The van der Waals surface area contributed by atoms with Gasteiger partial charge in [-0.3, -0.25) is 0 Å². The van der Waals surface area contributed by atoms with E-state index in [0.29, 0.717) is 5.28 Å². The number of hydrogen-bond donors (Lipinski definition) is 0. The Balaban J connectivity index is 1.70. The smallest absolute Gasteiger partial charge is 0.224 e. The van der Waals surface area contributed by atoms with Crippen LogP contribution in [-0.2, 0) is 6.54 Å². The van der Waals surface area contributed by atoms with Gasteiger partial charge in [0.1, 0.15) is 6.33 Å². The van der Waals surface area contributed by atoms with Crippen LogP contribution in [-0.4, -0.2) is 14.8 Å². The summed E-state index contributed by atoms with van der Waals surface area (Å²) >= 11 is 5.82. The molecule has 0 unspecified atom stereocenters. The second-order valence-corrected chi connectivity index (χ2v) is 4.42. The summed E-state index contributed by atoms with van der Waals surface area (Å²) in [7, 11) is 0. The number of aromatic nitrogens is 3. The minimum Gasteiger partial charge on any atom is -0.304 e. The predicted octanol–water partition coefficient (Wildman–Crippen LogP) is 2.90. The SMILES string of the molecule is Clc1nncn1CCCC1CCCC1. The average molecular weight is 214 g/mol. The van der Waals surface area contributed by atoms with Crippen LogP contribution in [0.2, 0.25) is 5.28 Å². The summed E-state index contributed by atoms with van der Waals surface area (Å²) < 4.78 is 1.91. The third-order valence-electron chi connectivity index (χ3n) is 3.05. The fourth-order valence-electron chi connectivity index (χ4n) is 2.24. The van der Waals surface area contributed by atoms with Crippen molar-refractivity contribution in [3.63, 3.8) is 0 Å². The molecule has 0 radical (unpaired) electrons. The first-order chi connectivity index (χ1) is 6.86. The molecule has 1 fully saturated rings. The van der Waals surface area contributed by atoms with Gasteiger partial charge in [0.15, 0.2) is 0 Å². The molecular formula is C10H16ClN3. The van der Waals surface area contributed by atoms with Crippen molar-refractivity contribution in [2.75, 3.05) is 0 Å². The standard InChI is InChI=1S/C10H16ClN3/c11-10-13-12-8-14(10)7-3-6-9-4-1-2-5-9/h8-9H,1-7H2. The van der Waals surface area contributed by atoms with Crippen LogP contribution in [0.1, 0.15) is 38.5 Å². The van der Waals surface area contributed by atoms with Gasteiger partial charge in [0.05, 0.1) is 0 Å². The first-order valence-corrected chi connectivity index (χ1v) is 5.77. The summed E-state index contributed by atoms with van der Waals surface area (Å²) in [6, 6.07) is 0. The van der Waals surface area contributed by atoms with Crippen molar-refractivity contribution < 1.29 is 0 Å². The molecule has 0 bridgehead atoms. The highest BCUT2D eigenvalue weighted by Crippen LogP contribution is 2.28. The molecule has 4 heteroatoms. The fourth-order valence-corrected chi connectivity index (χ4v) is 2.41. The van der Waals surface area contributed by atoms with Gasteiger partial charge in [0, 0.05) is 6.54 Å². The number of nitrogens with zero attached hydrogens (tertiary/aromatic N) is 3. The van der Waals surface area contributed by atoms with Gasteiger partial charge in [-0.15, -0.1) is 10.2 Å². The molecular weight excluding hydrogens is 198 g/mol. The van der Waals surface area contributed by atoms with Crippen LogP contribution in [0.5, 0.6) is 0 Å². The Morgan fingerprint density at radius 3 is 2.86 bits per heavy atom. The van der Waals surface area contributed by atoms with Crippen molar-refractivity contribution in [1.29, 1.82) is 0 Å². The van der Waals surface area contributed by atoms with Gasteiger partial charge in [-0.25, -0.2) is 0 Å². The molecule has 0 amide bonds. The summed E-state index contributed by atoms with van der Waals surface area (Å²) in [6.45, 7) is 0.961. The van der Waals surface area contributed by atoms with Gasteiger partial charge in [0.25, 0.3) is 0 Å². The number of hydrogen-bond acceptors (Lipinski definition) is 2. The van der Waals surface area contributed by atoms with Gasteiger partial charge in [-0.2, -0.15) is 0 Å². The predicted molar refractivity (Wildman–Crippen MR) is 56.2 cm³/mol. The first-order valence-electron chi connectivity index (χ1n) is 5.39. The molecule has 14 heavy (non-hydrogen) atoms. The van der Waals surface area contributed by atoms with E-state index in [4.69, 9.17) is 11.6 Å². The third-order valence-corrected chi connectivity index (χ3v) is 3.35. The average Bonchev–Trinajstić information content (AvgIpc) is 2.78. The van der Waals surface area contributed by atoms with Gasteiger partial charge >= 0.3 is 0 Å². The largest absolute Gasteiger partial charge is 0.304 e. The van der Waals surface area contributed by atoms with Crippen molar-refractivity contribution in [2.24, 2.45) is 5.92 Å². The van der Waals surface area contributed by atoms with E-state index in [0.717, 1.165) is 12.5 Å². The lowest BCUT2D eigenvalue weighted by atomic mass is 10.0. The van der Waals surface area contributed by atoms with Crippen LogP contribution in [0.3, 0.4) is 0 Å². The molecule has 1 heterocycles. The fraction of sp³-hybridized carbons (Fsp3) is 0.800. The summed E-state index contributed by atoms with van der Waals surface area (Å²) in [5, 5.41) is 8.01. The van der Waals surface area contributed by atoms with E-state index in [1.165, 1.54) is 38.5 Å². The summed E-state index contributed by atoms with van der Waals surface area (Å²) in [5.41, 5.74) is 0. The molecule has 2 rings (SSSR count). The highest BCUT2D eigenvalue weighted by molar-refractivity contribution is 6.28. The Morgan fingerprint density at radius 2 is 2.21 bits per heavy atom. The lowest BCUT2D eigenvalue weighted by molar-refractivity contribution is 0.458. The molecule has 0 aromatic carbocycles. The number of rotatable bonds is 4.